The molecule has 148 valence electrons. The number of rotatable bonds is 7. The molecule has 0 aliphatic rings. The van der Waals surface area contributed by atoms with Crippen molar-refractivity contribution in [1.29, 1.82) is 0 Å². The summed E-state index contributed by atoms with van der Waals surface area (Å²) in [6, 6.07) is 16.3. The molecule has 0 saturated heterocycles. The highest BCUT2D eigenvalue weighted by molar-refractivity contribution is 6.05. The van der Waals surface area contributed by atoms with Gasteiger partial charge in [-0.05, 0) is 42.8 Å². The fraction of sp³-hybridized carbons (Fsp3) is 0.136. The van der Waals surface area contributed by atoms with Gasteiger partial charge in [0.15, 0.2) is 0 Å². The van der Waals surface area contributed by atoms with Crippen LogP contribution in [0.3, 0.4) is 0 Å². The van der Waals surface area contributed by atoms with Gasteiger partial charge in [-0.1, -0.05) is 31.2 Å². The largest absolute Gasteiger partial charge is 0.334 e. The Morgan fingerprint density at radius 1 is 1.03 bits per heavy atom. The van der Waals surface area contributed by atoms with Crippen LogP contribution >= 0.6 is 0 Å². The quantitative estimate of drug-likeness (QED) is 0.534. The van der Waals surface area contributed by atoms with E-state index in [1.54, 1.807) is 41.2 Å². The summed E-state index contributed by atoms with van der Waals surface area (Å²) < 4.78 is 1.78. The second kappa shape index (κ2) is 9.36. The maximum absolute atomic E-state index is 12.8. The molecule has 0 fully saturated rings. The van der Waals surface area contributed by atoms with Crippen molar-refractivity contribution in [1.82, 2.24) is 15.1 Å². The summed E-state index contributed by atoms with van der Waals surface area (Å²) in [5, 5.41) is 12.6. The molecular formula is C22H23N5O2. The van der Waals surface area contributed by atoms with Crippen LogP contribution in [0.15, 0.2) is 73.4 Å². The molecular weight excluding hydrogens is 366 g/mol. The van der Waals surface area contributed by atoms with E-state index in [1.165, 1.54) is 0 Å². The third-order valence-corrected chi connectivity index (χ3v) is 4.26. The summed E-state index contributed by atoms with van der Waals surface area (Å²) in [6.45, 7) is 5.92. The number of carbonyl (C=O) groups is 2. The monoisotopic (exact) mass is 389 g/mol. The van der Waals surface area contributed by atoms with Crippen LogP contribution < -0.4 is 16.0 Å². The number of nitrogens with one attached hydrogen (secondary N) is 3. The van der Waals surface area contributed by atoms with Crippen molar-refractivity contribution < 1.29 is 9.59 Å². The number of para-hydroxylation sites is 1. The molecule has 0 radical (unpaired) electrons. The van der Waals surface area contributed by atoms with E-state index in [0.29, 0.717) is 29.9 Å². The zero-order chi connectivity index (χ0) is 20.6. The molecule has 0 bridgehead atoms. The van der Waals surface area contributed by atoms with Gasteiger partial charge >= 0.3 is 6.03 Å². The Kier molecular flexibility index (Phi) is 6.42. The van der Waals surface area contributed by atoms with Crippen LogP contribution in [-0.2, 0) is 6.42 Å². The van der Waals surface area contributed by atoms with E-state index in [1.807, 2.05) is 37.3 Å². The minimum absolute atomic E-state index is 0.228. The van der Waals surface area contributed by atoms with E-state index in [9.17, 15) is 9.59 Å². The average Bonchev–Trinajstić information content (AvgIpc) is 3.18. The molecule has 3 amide bonds. The van der Waals surface area contributed by atoms with Crippen molar-refractivity contribution in [2.75, 3.05) is 17.2 Å². The second-order valence-electron chi connectivity index (χ2n) is 6.26. The standard InChI is InChI=1S/C22H23N5O2/c1-3-14-23-22(29)26-17-12-10-16(11-13-17)25-21(28)19-15-24-27(20(19)4-2)18-8-6-5-7-9-18/h3,5-13,15H,1,4,14H2,2H3,(H,25,28)(H2,23,26,29). The molecule has 7 nitrogen and oxygen atoms in total. The Bertz CT molecular complexity index is 994. The number of nitrogens with zero attached hydrogens (tertiary/aromatic N) is 2. The van der Waals surface area contributed by atoms with E-state index in [2.05, 4.69) is 27.6 Å². The lowest BCUT2D eigenvalue weighted by atomic mass is 10.1. The van der Waals surface area contributed by atoms with Crippen molar-refractivity contribution in [3.8, 4) is 5.69 Å². The molecule has 0 spiro atoms. The Balaban J connectivity index is 1.70. The maximum atomic E-state index is 12.8. The minimum Gasteiger partial charge on any atom is -0.334 e. The third kappa shape index (κ3) is 4.90. The molecule has 29 heavy (non-hydrogen) atoms. The van der Waals surface area contributed by atoms with Crippen LogP contribution in [-0.4, -0.2) is 28.3 Å². The number of hydrogen-bond acceptors (Lipinski definition) is 3. The molecule has 1 heterocycles. The molecule has 1 aromatic heterocycles. The van der Waals surface area contributed by atoms with E-state index in [-0.39, 0.29) is 11.9 Å². The normalized spacial score (nSPS) is 10.2. The van der Waals surface area contributed by atoms with Crippen molar-refractivity contribution >= 4 is 23.3 Å². The Morgan fingerprint density at radius 2 is 1.69 bits per heavy atom. The molecule has 2 aromatic carbocycles. The van der Waals surface area contributed by atoms with Gasteiger partial charge in [-0.3, -0.25) is 4.79 Å². The highest BCUT2D eigenvalue weighted by Crippen LogP contribution is 2.19. The van der Waals surface area contributed by atoms with E-state index in [0.717, 1.165) is 11.4 Å². The number of amides is 3. The van der Waals surface area contributed by atoms with E-state index in [4.69, 9.17) is 0 Å². The van der Waals surface area contributed by atoms with Crippen molar-refractivity contribution in [3.05, 3.63) is 84.7 Å². The Morgan fingerprint density at radius 3 is 2.31 bits per heavy atom. The number of anilines is 2. The van der Waals surface area contributed by atoms with Gasteiger partial charge in [0.2, 0.25) is 0 Å². The van der Waals surface area contributed by atoms with Crippen LogP contribution in [0.4, 0.5) is 16.2 Å². The molecule has 0 unspecified atom stereocenters. The summed E-state index contributed by atoms with van der Waals surface area (Å²) in [7, 11) is 0. The SMILES string of the molecule is C=CCNC(=O)Nc1ccc(NC(=O)c2cnn(-c3ccccc3)c2CC)cc1. The molecule has 0 aliphatic heterocycles. The van der Waals surface area contributed by atoms with Crippen molar-refractivity contribution in [2.45, 2.75) is 13.3 Å². The molecule has 3 aromatic rings. The number of aromatic nitrogens is 2. The number of urea groups is 1. The van der Waals surface area contributed by atoms with Crippen LogP contribution in [0.5, 0.6) is 0 Å². The lowest BCUT2D eigenvalue weighted by Crippen LogP contribution is -2.28. The predicted octanol–water partition coefficient (Wildman–Crippen LogP) is 3.99. The van der Waals surface area contributed by atoms with Gasteiger partial charge in [0.05, 0.1) is 23.1 Å². The minimum atomic E-state index is -0.317. The summed E-state index contributed by atoms with van der Waals surface area (Å²) in [5.41, 5.74) is 3.53. The van der Waals surface area contributed by atoms with E-state index >= 15 is 0 Å². The molecule has 0 aliphatic carbocycles. The van der Waals surface area contributed by atoms with Gasteiger partial charge < -0.3 is 16.0 Å². The van der Waals surface area contributed by atoms with Gasteiger partial charge in [0.1, 0.15) is 0 Å². The van der Waals surface area contributed by atoms with Crippen LogP contribution in [0.25, 0.3) is 5.69 Å². The fourth-order valence-corrected chi connectivity index (χ4v) is 2.87. The van der Waals surface area contributed by atoms with E-state index < -0.39 is 0 Å². The summed E-state index contributed by atoms with van der Waals surface area (Å²) in [5.74, 6) is -0.228. The molecule has 0 saturated carbocycles. The second-order valence-corrected chi connectivity index (χ2v) is 6.26. The van der Waals surface area contributed by atoms with Gasteiger partial charge in [-0.2, -0.15) is 5.10 Å². The first kappa shape index (κ1) is 19.9. The summed E-state index contributed by atoms with van der Waals surface area (Å²) >= 11 is 0. The zero-order valence-electron chi connectivity index (χ0n) is 16.2. The summed E-state index contributed by atoms with van der Waals surface area (Å²) in [6.07, 6.45) is 3.85. The highest BCUT2D eigenvalue weighted by atomic mass is 16.2. The number of benzene rings is 2. The van der Waals surface area contributed by atoms with Gasteiger partial charge in [0, 0.05) is 17.9 Å². The van der Waals surface area contributed by atoms with Crippen LogP contribution in [0.2, 0.25) is 0 Å². The fourth-order valence-electron chi connectivity index (χ4n) is 2.87. The van der Waals surface area contributed by atoms with Crippen LogP contribution in [0.1, 0.15) is 23.0 Å². The predicted molar refractivity (Wildman–Crippen MR) is 115 cm³/mol. The Labute approximate surface area is 169 Å². The summed E-state index contributed by atoms with van der Waals surface area (Å²) in [4.78, 5) is 24.4. The first-order chi connectivity index (χ1) is 14.1. The topological polar surface area (TPSA) is 88.1 Å². The van der Waals surface area contributed by atoms with Crippen molar-refractivity contribution in [3.63, 3.8) is 0 Å². The molecule has 3 rings (SSSR count). The van der Waals surface area contributed by atoms with Crippen molar-refractivity contribution in [2.24, 2.45) is 0 Å². The zero-order valence-corrected chi connectivity index (χ0v) is 16.2. The average molecular weight is 389 g/mol. The van der Waals surface area contributed by atoms with Crippen LogP contribution in [0, 0.1) is 0 Å². The Hall–Kier alpha value is -3.87. The lowest BCUT2D eigenvalue weighted by molar-refractivity contribution is 0.102. The molecule has 3 N–H and O–H groups in total. The van der Waals surface area contributed by atoms with Gasteiger partial charge in [-0.15, -0.1) is 6.58 Å². The first-order valence-corrected chi connectivity index (χ1v) is 9.32. The lowest BCUT2D eigenvalue weighted by Gasteiger charge is -2.10. The molecule has 0 atom stereocenters. The van der Waals surface area contributed by atoms with Gasteiger partial charge in [0.25, 0.3) is 5.91 Å². The van der Waals surface area contributed by atoms with Gasteiger partial charge in [-0.25, -0.2) is 9.48 Å². The smallest absolute Gasteiger partial charge is 0.319 e. The number of hydrogen-bond donors (Lipinski definition) is 3. The third-order valence-electron chi connectivity index (χ3n) is 4.26. The number of carbonyl (C=O) groups excluding carboxylic acids is 2. The highest BCUT2D eigenvalue weighted by Gasteiger charge is 2.17. The molecule has 7 heteroatoms. The maximum Gasteiger partial charge on any atom is 0.319 e. The first-order valence-electron chi connectivity index (χ1n) is 9.32.